The number of unbranched alkanes of at least 4 members (excludes halogenated alkanes) is 1. The summed E-state index contributed by atoms with van der Waals surface area (Å²) in [7, 11) is 0. The van der Waals surface area contributed by atoms with Crippen molar-refractivity contribution in [2.75, 3.05) is 17.2 Å². The molecule has 1 amide bonds. The molecule has 0 fully saturated rings. The average molecular weight is 300 g/mol. The Morgan fingerprint density at radius 3 is 2.50 bits per heavy atom. The molecular formula is C18H21FN2O. The van der Waals surface area contributed by atoms with Crippen molar-refractivity contribution >= 4 is 17.3 Å². The van der Waals surface area contributed by atoms with Crippen molar-refractivity contribution in [3.8, 4) is 0 Å². The van der Waals surface area contributed by atoms with Gasteiger partial charge in [0.1, 0.15) is 5.82 Å². The SMILES string of the molecule is CCCCc1ccc(NC(=O)CNc2ccccc2F)cc1. The Hall–Kier alpha value is -2.36. The van der Waals surface area contributed by atoms with Gasteiger partial charge in [-0.05, 0) is 42.7 Å². The van der Waals surface area contributed by atoms with Gasteiger partial charge in [-0.25, -0.2) is 4.39 Å². The lowest BCUT2D eigenvalue weighted by atomic mass is 10.1. The minimum absolute atomic E-state index is 0.0263. The summed E-state index contributed by atoms with van der Waals surface area (Å²) >= 11 is 0. The monoisotopic (exact) mass is 300 g/mol. The number of hydrogen-bond donors (Lipinski definition) is 2. The third kappa shape index (κ3) is 4.88. The molecule has 0 saturated heterocycles. The molecule has 116 valence electrons. The van der Waals surface area contributed by atoms with E-state index >= 15 is 0 Å². The van der Waals surface area contributed by atoms with E-state index in [2.05, 4.69) is 17.6 Å². The molecule has 0 atom stereocenters. The van der Waals surface area contributed by atoms with Crippen molar-refractivity contribution in [1.82, 2.24) is 0 Å². The van der Waals surface area contributed by atoms with Crippen LogP contribution >= 0.6 is 0 Å². The molecule has 2 aromatic carbocycles. The first-order chi connectivity index (χ1) is 10.7. The molecule has 2 rings (SSSR count). The molecule has 3 nitrogen and oxygen atoms in total. The Kier molecular flexibility index (Phi) is 5.95. The summed E-state index contributed by atoms with van der Waals surface area (Å²) in [6.07, 6.45) is 3.39. The first kappa shape index (κ1) is 16.0. The summed E-state index contributed by atoms with van der Waals surface area (Å²) in [5.74, 6) is -0.569. The Balaban J connectivity index is 1.83. The zero-order valence-electron chi connectivity index (χ0n) is 12.7. The van der Waals surface area contributed by atoms with Crippen LogP contribution in [0.5, 0.6) is 0 Å². The van der Waals surface area contributed by atoms with Gasteiger partial charge in [0.2, 0.25) is 5.91 Å². The number of carbonyl (C=O) groups is 1. The minimum atomic E-state index is -0.365. The van der Waals surface area contributed by atoms with E-state index in [1.165, 1.54) is 18.1 Å². The lowest BCUT2D eigenvalue weighted by molar-refractivity contribution is -0.114. The first-order valence-corrected chi connectivity index (χ1v) is 7.56. The number of carbonyl (C=O) groups excluding carboxylic acids is 1. The molecule has 2 aromatic rings. The highest BCUT2D eigenvalue weighted by Crippen LogP contribution is 2.13. The van der Waals surface area contributed by atoms with E-state index in [1.54, 1.807) is 18.2 Å². The Morgan fingerprint density at radius 2 is 1.82 bits per heavy atom. The number of amides is 1. The fourth-order valence-corrected chi connectivity index (χ4v) is 2.12. The lowest BCUT2D eigenvalue weighted by Crippen LogP contribution is -2.22. The van der Waals surface area contributed by atoms with E-state index in [4.69, 9.17) is 0 Å². The zero-order chi connectivity index (χ0) is 15.8. The highest BCUT2D eigenvalue weighted by atomic mass is 19.1. The summed E-state index contributed by atoms with van der Waals surface area (Å²) in [5, 5.41) is 5.58. The molecule has 0 aliphatic heterocycles. The molecule has 2 N–H and O–H groups in total. The molecule has 0 saturated carbocycles. The van der Waals surface area contributed by atoms with Gasteiger partial charge in [0.25, 0.3) is 0 Å². The summed E-state index contributed by atoms with van der Waals surface area (Å²) in [6, 6.07) is 14.1. The molecule has 0 heterocycles. The number of aryl methyl sites for hydroxylation is 1. The fraction of sp³-hybridized carbons (Fsp3) is 0.278. The number of anilines is 2. The molecule has 0 spiro atoms. The molecule has 0 aliphatic carbocycles. The van der Waals surface area contributed by atoms with Gasteiger partial charge in [-0.15, -0.1) is 0 Å². The number of halogens is 1. The smallest absolute Gasteiger partial charge is 0.243 e. The van der Waals surface area contributed by atoms with E-state index in [-0.39, 0.29) is 18.3 Å². The summed E-state index contributed by atoms with van der Waals surface area (Å²) < 4.78 is 13.4. The Morgan fingerprint density at radius 1 is 1.09 bits per heavy atom. The van der Waals surface area contributed by atoms with Gasteiger partial charge in [-0.3, -0.25) is 4.79 Å². The van der Waals surface area contributed by atoms with Gasteiger partial charge in [-0.1, -0.05) is 37.6 Å². The fourth-order valence-electron chi connectivity index (χ4n) is 2.12. The van der Waals surface area contributed by atoms with E-state index in [9.17, 15) is 9.18 Å². The topological polar surface area (TPSA) is 41.1 Å². The molecule has 0 bridgehead atoms. The van der Waals surface area contributed by atoms with Crippen LogP contribution in [0.2, 0.25) is 0 Å². The van der Waals surface area contributed by atoms with Crippen LogP contribution in [0.1, 0.15) is 25.3 Å². The van der Waals surface area contributed by atoms with E-state index in [0.717, 1.165) is 18.5 Å². The molecule has 0 unspecified atom stereocenters. The average Bonchev–Trinajstić information content (AvgIpc) is 2.53. The van der Waals surface area contributed by atoms with Gasteiger partial charge >= 0.3 is 0 Å². The van der Waals surface area contributed by atoms with Crippen LogP contribution in [0.15, 0.2) is 48.5 Å². The number of hydrogen-bond acceptors (Lipinski definition) is 2. The van der Waals surface area contributed by atoms with Crippen LogP contribution in [0.25, 0.3) is 0 Å². The summed E-state index contributed by atoms with van der Waals surface area (Å²) in [5.41, 5.74) is 2.34. The van der Waals surface area contributed by atoms with E-state index < -0.39 is 0 Å². The number of para-hydroxylation sites is 1. The standard InChI is InChI=1S/C18H21FN2O/c1-2-3-6-14-9-11-15(12-10-14)21-18(22)13-20-17-8-5-4-7-16(17)19/h4-5,7-12,20H,2-3,6,13H2,1H3,(H,21,22). The molecular weight excluding hydrogens is 279 g/mol. The largest absolute Gasteiger partial charge is 0.374 e. The second-order valence-electron chi connectivity index (χ2n) is 5.18. The number of nitrogens with one attached hydrogen (secondary N) is 2. The van der Waals surface area contributed by atoms with E-state index in [0.29, 0.717) is 5.69 Å². The molecule has 0 radical (unpaired) electrons. The molecule has 4 heteroatoms. The summed E-state index contributed by atoms with van der Waals surface area (Å²) in [4.78, 5) is 11.9. The van der Waals surface area contributed by atoms with Crippen molar-refractivity contribution in [2.45, 2.75) is 26.2 Å². The predicted octanol–water partition coefficient (Wildman–Crippen LogP) is 4.22. The van der Waals surface area contributed by atoms with Gasteiger partial charge in [-0.2, -0.15) is 0 Å². The predicted molar refractivity (Wildman–Crippen MR) is 88.6 cm³/mol. The van der Waals surface area contributed by atoms with Crippen molar-refractivity contribution in [3.05, 3.63) is 59.9 Å². The molecule has 0 aliphatic rings. The van der Waals surface area contributed by atoms with Crippen LogP contribution < -0.4 is 10.6 Å². The minimum Gasteiger partial charge on any atom is -0.374 e. The number of rotatable bonds is 7. The van der Waals surface area contributed by atoms with Gasteiger partial charge in [0.15, 0.2) is 0 Å². The quantitative estimate of drug-likeness (QED) is 0.804. The first-order valence-electron chi connectivity index (χ1n) is 7.56. The van der Waals surface area contributed by atoms with Crippen LogP contribution in [0, 0.1) is 5.82 Å². The maximum absolute atomic E-state index is 13.4. The van der Waals surface area contributed by atoms with Gasteiger partial charge in [0.05, 0.1) is 12.2 Å². The second kappa shape index (κ2) is 8.17. The van der Waals surface area contributed by atoms with Crippen LogP contribution in [-0.4, -0.2) is 12.5 Å². The van der Waals surface area contributed by atoms with Crippen molar-refractivity contribution in [1.29, 1.82) is 0 Å². The van der Waals surface area contributed by atoms with Gasteiger partial charge < -0.3 is 10.6 Å². The van der Waals surface area contributed by atoms with Crippen LogP contribution in [-0.2, 0) is 11.2 Å². The normalized spacial score (nSPS) is 10.3. The summed E-state index contributed by atoms with van der Waals surface area (Å²) in [6.45, 7) is 2.19. The second-order valence-corrected chi connectivity index (χ2v) is 5.18. The van der Waals surface area contributed by atoms with Crippen LogP contribution in [0.4, 0.5) is 15.8 Å². The highest BCUT2D eigenvalue weighted by Gasteiger charge is 2.05. The van der Waals surface area contributed by atoms with Gasteiger partial charge in [0, 0.05) is 5.69 Å². The highest BCUT2D eigenvalue weighted by molar-refractivity contribution is 5.93. The lowest BCUT2D eigenvalue weighted by Gasteiger charge is -2.09. The third-order valence-corrected chi connectivity index (χ3v) is 3.37. The third-order valence-electron chi connectivity index (χ3n) is 3.37. The molecule has 22 heavy (non-hydrogen) atoms. The zero-order valence-corrected chi connectivity index (χ0v) is 12.7. The maximum atomic E-state index is 13.4. The Labute approximate surface area is 130 Å². The van der Waals surface area contributed by atoms with Crippen LogP contribution in [0.3, 0.4) is 0 Å². The van der Waals surface area contributed by atoms with E-state index in [1.807, 2.05) is 24.3 Å². The molecule has 0 aromatic heterocycles. The Bertz CT molecular complexity index is 611. The van der Waals surface area contributed by atoms with Crippen molar-refractivity contribution in [2.24, 2.45) is 0 Å². The van der Waals surface area contributed by atoms with Crippen molar-refractivity contribution < 1.29 is 9.18 Å². The maximum Gasteiger partial charge on any atom is 0.243 e. The number of benzene rings is 2. The van der Waals surface area contributed by atoms with Crippen molar-refractivity contribution in [3.63, 3.8) is 0 Å².